The molecule has 5 rings (SSSR count). The van der Waals surface area contributed by atoms with E-state index < -0.39 is 0 Å². The normalized spacial score (nSPS) is 24.6. The van der Waals surface area contributed by atoms with Crippen molar-refractivity contribution in [1.82, 2.24) is 4.98 Å². The number of fused-ring (bicyclic) bond motifs is 2. The third-order valence-corrected chi connectivity index (χ3v) is 7.49. The number of ether oxygens (including phenoxy) is 2. The minimum atomic E-state index is 0.151. The molecule has 2 fully saturated rings. The number of carbonyl (C=O) groups is 1. The number of hydrogen-bond donors (Lipinski definition) is 1. The van der Waals surface area contributed by atoms with Gasteiger partial charge >= 0.3 is 0 Å². The number of pyridine rings is 1. The summed E-state index contributed by atoms with van der Waals surface area (Å²) in [7, 11) is 1.79. The number of benzene rings is 1. The van der Waals surface area contributed by atoms with Gasteiger partial charge in [0.05, 0.1) is 37.2 Å². The second kappa shape index (κ2) is 9.69. The highest BCUT2D eigenvalue weighted by atomic mass is 16.5. The van der Waals surface area contributed by atoms with E-state index in [2.05, 4.69) is 40.3 Å². The molecule has 1 aromatic heterocycles. The van der Waals surface area contributed by atoms with Crippen molar-refractivity contribution in [2.45, 2.75) is 45.3 Å². The summed E-state index contributed by atoms with van der Waals surface area (Å²) in [5.74, 6) is 1.78. The van der Waals surface area contributed by atoms with Gasteiger partial charge in [0.2, 0.25) is 5.91 Å². The lowest BCUT2D eigenvalue weighted by Gasteiger charge is -2.31. The molecule has 7 heteroatoms. The SMILES string of the molecule is CCC1CCC(CC(=O)N2Cc3cccnc3Nc3ccc(N4CCOCC4)cc32)[C@@H]1OC. The third kappa shape index (κ3) is 4.44. The molecule has 2 aliphatic heterocycles. The zero-order chi connectivity index (χ0) is 22.8. The highest BCUT2D eigenvalue weighted by Crippen LogP contribution is 2.41. The molecule has 0 spiro atoms. The molecule has 1 saturated carbocycles. The first kappa shape index (κ1) is 22.2. The highest BCUT2D eigenvalue weighted by molar-refractivity contribution is 5.99. The van der Waals surface area contributed by atoms with Crippen molar-refractivity contribution in [2.75, 3.05) is 48.5 Å². The first-order valence-electron chi connectivity index (χ1n) is 12.2. The van der Waals surface area contributed by atoms with E-state index in [9.17, 15) is 4.79 Å². The number of hydrogen-bond acceptors (Lipinski definition) is 6. The smallest absolute Gasteiger partial charge is 0.227 e. The molecule has 3 aliphatic rings. The first-order valence-corrected chi connectivity index (χ1v) is 12.2. The van der Waals surface area contributed by atoms with Crippen molar-refractivity contribution in [3.8, 4) is 0 Å². The molecule has 2 unspecified atom stereocenters. The van der Waals surface area contributed by atoms with E-state index in [1.807, 2.05) is 17.0 Å². The van der Waals surface area contributed by atoms with Crippen molar-refractivity contribution in [3.63, 3.8) is 0 Å². The maximum atomic E-state index is 13.8. The van der Waals surface area contributed by atoms with Gasteiger partial charge in [-0.25, -0.2) is 4.98 Å². The van der Waals surface area contributed by atoms with Gasteiger partial charge in [0.1, 0.15) is 5.82 Å². The maximum absolute atomic E-state index is 13.8. The number of nitrogens with zero attached hydrogens (tertiary/aromatic N) is 3. The summed E-state index contributed by atoms with van der Waals surface area (Å²) in [5.41, 5.74) is 3.98. The van der Waals surface area contributed by atoms with Crippen LogP contribution >= 0.6 is 0 Å². The summed E-state index contributed by atoms with van der Waals surface area (Å²) in [6, 6.07) is 10.3. The molecule has 2 aromatic rings. The van der Waals surface area contributed by atoms with E-state index in [-0.39, 0.29) is 17.9 Å². The Hall–Kier alpha value is -2.64. The standard InChI is InChI=1S/C26H34N4O3/c1-3-18-6-7-19(25(18)32-2)15-24(31)30-17-20-5-4-10-27-26(20)28-22-9-8-21(16-23(22)30)29-11-13-33-14-12-29/h4-5,8-10,16,18-19,25H,3,6-7,11-15,17H2,1-2H3,(H,27,28)/t18?,19?,25-/m1/s1. The van der Waals surface area contributed by atoms with Gasteiger partial charge in [0, 0.05) is 44.1 Å². The van der Waals surface area contributed by atoms with Gasteiger partial charge in [-0.2, -0.15) is 0 Å². The average molecular weight is 451 g/mol. The molecular formula is C26H34N4O3. The number of carbonyl (C=O) groups excluding carboxylic acids is 1. The van der Waals surface area contributed by atoms with E-state index in [1.165, 1.54) is 0 Å². The largest absolute Gasteiger partial charge is 0.381 e. The quantitative estimate of drug-likeness (QED) is 0.731. The lowest BCUT2D eigenvalue weighted by molar-refractivity contribution is -0.120. The Labute approximate surface area is 196 Å². The summed E-state index contributed by atoms with van der Waals surface area (Å²) in [4.78, 5) is 22.6. The second-order valence-corrected chi connectivity index (χ2v) is 9.33. The molecule has 7 nitrogen and oxygen atoms in total. The molecule has 33 heavy (non-hydrogen) atoms. The number of morpholine rings is 1. The molecule has 0 bridgehead atoms. The summed E-state index contributed by atoms with van der Waals surface area (Å²) < 4.78 is 11.4. The lowest BCUT2D eigenvalue weighted by Crippen LogP contribution is -2.37. The van der Waals surface area contributed by atoms with Crippen molar-refractivity contribution in [2.24, 2.45) is 11.8 Å². The van der Waals surface area contributed by atoms with Crippen LogP contribution in [0.4, 0.5) is 22.9 Å². The first-order chi connectivity index (χ1) is 16.2. The minimum absolute atomic E-state index is 0.151. The lowest BCUT2D eigenvalue weighted by atomic mass is 9.95. The predicted octanol–water partition coefficient (Wildman–Crippen LogP) is 4.35. The Morgan fingerprint density at radius 1 is 1.21 bits per heavy atom. The number of aromatic nitrogens is 1. The van der Waals surface area contributed by atoms with E-state index in [4.69, 9.17) is 9.47 Å². The summed E-state index contributed by atoms with van der Waals surface area (Å²) in [6.45, 7) is 5.90. The number of amides is 1. The Balaban J connectivity index is 1.47. The molecular weight excluding hydrogens is 416 g/mol. The minimum Gasteiger partial charge on any atom is -0.381 e. The predicted molar refractivity (Wildman–Crippen MR) is 130 cm³/mol. The molecule has 1 aliphatic carbocycles. The monoisotopic (exact) mass is 450 g/mol. The Bertz CT molecular complexity index is 991. The molecule has 3 heterocycles. The van der Waals surface area contributed by atoms with E-state index in [0.29, 0.717) is 18.9 Å². The highest BCUT2D eigenvalue weighted by Gasteiger charge is 2.38. The van der Waals surface area contributed by atoms with Crippen LogP contribution in [0.5, 0.6) is 0 Å². The van der Waals surface area contributed by atoms with Gasteiger partial charge in [-0.1, -0.05) is 19.4 Å². The van der Waals surface area contributed by atoms with Crippen LogP contribution in [-0.4, -0.2) is 50.4 Å². The van der Waals surface area contributed by atoms with Gasteiger partial charge < -0.3 is 24.6 Å². The molecule has 1 amide bonds. The van der Waals surface area contributed by atoms with Gasteiger partial charge in [-0.3, -0.25) is 4.79 Å². The molecule has 1 N–H and O–H groups in total. The van der Waals surface area contributed by atoms with Gasteiger partial charge in [0.25, 0.3) is 0 Å². The number of nitrogens with one attached hydrogen (secondary N) is 1. The fourth-order valence-corrected chi connectivity index (χ4v) is 5.67. The van der Waals surface area contributed by atoms with Crippen LogP contribution < -0.4 is 15.1 Å². The molecule has 1 saturated heterocycles. The van der Waals surface area contributed by atoms with Crippen LogP contribution in [0.15, 0.2) is 36.5 Å². The van der Waals surface area contributed by atoms with Crippen LogP contribution in [0.2, 0.25) is 0 Å². The van der Waals surface area contributed by atoms with E-state index >= 15 is 0 Å². The number of rotatable bonds is 5. The zero-order valence-electron chi connectivity index (χ0n) is 19.6. The van der Waals surface area contributed by atoms with Crippen molar-refractivity contribution in [3.05, 3.63) is 42.1 Å². The summed E-state index contributed by atoms with van der Waals surface area (Å²) in [6.07, 6.45) is 5.75. The van der Waals surface area contributed by atoms with Crippen molar-refractivity contribution < 1.29 is 14.3 Å². The van der Waals surface area contributed by atoms with Crippen LogP contribution in [0.3, 0.4) is 0 Å². The zero-order valence-corrected chi connectivity index (χ0v) is 19.6. The third-order valence-electron chi connectivity index (χ3n) is 7.49. The van der Waals surface area contributed by atoms with E-state index in [1.54, 1.807) is 13.3 Å². The molecule has 1 aromatic carbocycles. The Kier molecular flexibility index (Phi) is 6.51. The summed E-state index contributed by atoms with van der Waals surface area (Å²) >= 11 is 0. The van der Waals surface area contributed by atoms with Gasteiger partial charge in [-0.05, 0) is 48.9 Å². The average Bonchev–Trinajstić information content (AvgIpc) is 3.16. The van der Waals surface area contributed by atoms with Gasteiger partial charge in [-0.15, -0.1) is 0 Å². The fraction of sp³-hybridized carbons (Fsp3) is 0.538. The van der Waals surface area contributed by atoms with E-state index in [0.717, 1.165) is 74.0 Å². The Morgan fingerprint density at radius 3 is 2.82 bits per heavy atom. The maximum Gasteiger partial charge on any atom is 0.227 e. The molecule has 176 valence electrons. The van der Waals surface area contributed by atoms with Crippen molar-refractivity contribution in [1.29, 1.82) is 0 Å². The van der Waals surface area contributed by atoms with Gasteiger partial charge in [0.15, 0.2) is 0 Å². The number of anilines is 4. The molecule has 0 radical (unpaired) electrons. The fourth-order valence-electron chi connectivity index (χ4n) is 5.67. The van der Waals surface area contributed by atoms with Crippen LogP contribution in [0.1, 0.15) is 38.2 Å². The molecule has 3 atom stereocenters. The summed E-state index contributed by atoms with van der Waals surface area (Å²) in [5, 5.41) is 3.47. The van der Waals surface area contributed by atoms with Crippen LogP contribution in [0.25, 0.3) is 0 Å². The number of methoxy groups -OCH3 is 1. The van der Waals surface area contributed by atoms with Crippen LogP contribution in [0, 0.1) is 11.8 Å². The topological polar surface area (TPSA) is 66.9 Å². The van der Waals surface area contributed by atoms with Crippen LogP contribution in [-0.2, 0) is 20.8 Å². The van der Waals surface area contributed by atoms with Crippen molar-refractivity contribution >= 4 is 28.8 Å². The second-order valence-electron chi connectivity index (χ2n) is 9.33. The Morgan fingerprint density at radius 2 is 2.03 bits per heavy atom.